The summed E-state index contributed by atoms with van der Waals surface area (Å²) in [5.41, 5.74) is 0. The molecule has 0 aromatic heterocycles. The molecule has 90 valence electrons. The average molecular weight is 270 g/mol. The minimum atomic E-state index is -3.08. The van der Waals surface area contributed by atoms with Crippen molar-refractivity contribution in [2.45, 2.75) is 5.25 Å². The van der Waals surface area contributed by atoms with Gasteiger partial charge in [0, 0.05) is 35.6 Å². The first-order chi connectivity index (χ1) is 7.14. The lowest BCUT2D eigenvalue weighted by atomic mass is 10.5. The summed E-state index contributed by atoms with van der Waals surface area (Å²) in [6, 6.07) is 0. The highest BCUT2D eigenvalue weighted by atomic mass is 32.2. The molecular weight excluding hydrogens is 252 g/mol. The lowest BCUT2D eigenvalue weighted by Gasteiger charge is -2.21. The van der Waals surface area contributed by atoms with Crippen LogP contribution >= 0.6 is 23.5 Å². The molecule has 1 atom stereocenters. The zero-order valence-corrected chi connectivity index (χ0v) is 11.3. The van der Waals surface area contributed by atoms with Crippen molar-refractivity contribution in [1.29, 1.82) is 0 Å². The Bertz CT molecular complexity index is 263. The quantitative estimate of drug-likeness (QED) is 0.710. The van der Waals surface area contributed by atoms with Gasteiger partial charge in [-0.3, -0.25) is 0 Å². The maximum absolute atomic E-state index is 11.5. The van der Waals surface area contributed by atoms with Crippen LogP contribution in [-0.2, 0) is 10.0 Å². The smallest absolute Gasteiger partial charge is 0.212 e. The van der Waals surface area contributed by atoms with Crippen LogP contribution in [0.5, 0.6) is 0 Å². The van der Waals surface area contributed by atoms with Gasteiger partial charge in [0.2, 0.25) is 10.0 Å². The molecule has 0 bridgehead atoms. The van der Waals surface area contributed by atoms with Crippen LogP contribution in [0.25, 0.3) is 0 Å². The molecular formula is C8H18N2O2S3. The molecule has 1 fully saturated rings. The molecule has 0 spiro atoms. The third kappa shape index (κ3) is 6.01. The molecule has 1 aliphatic rings. The van der Waals surface area contributed by atoms with Crippen LogP contribution < -0.4 is 10.0 Å². The van der Waals surface area contributed by atoms with E-state index in [1.54, 1.807) is 7.05 Å². The first-order valence-electron chi connectivity index (χ1n) is 4.95. The van der Waals surface area contributed by atoms with E-state index in [1.165, 1.54) is 5.75 Å². The Morgan fingerprint density at radius 3 is 2.80 bits per heavy atom. The van der Waals surface area contributed by atoms with Gasteiger partial charge in [-0.25, -0.2) is 13.1 Å². The summed E-state index contributed by atoms with van der Waals surface area (Å²) >= 11 is 3.77. The van der Waals surface area contributed by atoms with Crippen molar-refractivity contribution >= 4 is 33.5 Å². The number of thioether (sulfide) groups is 2. The van der Waals surface area contributed by atoms with E-state index in [-0.39, 0.29) is 5.75 Å². The van der Waals surface area contributed by atoms with Crippen molar-refractivity contribution in [3.05, 3.63) is 0 Å². The molecule has 1 saturated heterocycles. The lowest BCUT2D eigenvalue weighted by molar-refractivity contribution is 0.579. The minimum absolute atomic E-state index is 0.161. The van der Waals surface area contributed by atoms with E-state index in [2.05, 4.69) is 10.0 Å². The van der Waals surface area contributed by atoms with Gasteiger partial charge in [-0.1, -0.05) is 0 Å². The van der Waals surface area contributed by atoms with Gasteiger partial charge in [0.1, 0.15) is 0 Å². The van der Waals surface area contributed by atoms with Crippen molar-refractivity contribution in [2.24, 2.45) is 0 Å². The molecule has 4 nitrogen and oxygen atoms in total. The fraction of sp³-hybridized carbons (Fsp3) is 1.00. The van der Waals surface area contributed by atoms with Gasteiger partial charge in [0.15, 0.2) is 0 Å². The topological polar surface area (TPSA) is 58.2 Å². The maximum atomic E-state index is 11.5. The van der Waals surface area contributed by atoms with E-state index in [9.17, 15) is 8.42 Å². The van der Waals surface area contributed by atoms with Crippen LogP contribution in [0.4, 0.5) is 0 Å². The summed E-state index contributed by atoms with van der Waals surface area (Å²) in [5, 5.41) is 3.27. The zero-order chi connectivity index (χ0) is 11.1. The summed E-state index contributed by atoms with van der Waals surface area (Å²) in [6.07, 6.45) is 0. The molecule has 2 N–H and O–H groups in total. The van der Waals surface area contributed by atoms with Crippen molar-refractivity contribution in [2.75, 3.05) is 43.1 Å². The van der Waals surface area contributed by atoms with Crippen LogP contribution in [0, 0.1) is 0 Å². The number of hydrogen-bond acceptors (Lipinski definition) is 5. The van der Waals surface area contributed by atoms with Crippen LogP contribution in [0.2, 0.25) is 0 Å². The number of rotatable bonds is 6. The second kappa shape index (κ2) is 7.01. The molecule has 0 amide bonds. The van der Waals surface area contributed by atoms with Gasteiger partial charge >= 0.3 is 0 Å². The fourth-order valence-electron chi connectivity index (χ4n) is 1.18. The molecule has 15 heavy (non-hydrogen) atoms. The second-order valence-electron chi connectivity index (χ2n) is 3.34. The van der Waals surface area contributed by atoms with Crippen LogP contribution in [-0.4, -0.2) is 56.8 Å². The third-order valence-electron chi connectivity index (χ3n) is 2.04. The molecule has 0 aromatic rings. The monoisotopic (exact) mass is 270 g/mol. The van der Waals surface area contributed by atoms with E-state index in [4.69, 9.17) is 0 Å². The van der Waals surface area contributed by atoms with Gasteiger partial charge in [-0.15, -0.1) is 0 Å². The molecule has 0 saturated carbocycles. The summed E-state index contributed by atoms with van der Waals surface area (Å²) < 4.78 is 25.6. The van der Waals surface area contributed by atoms with Gasteiger partial charge in [-0.05, 0) is 7.05 Å². The van der Waals surface area contributed by atoms with E-state index < -0.39 is 10.0 Å². The molecule has 0 aromatic carbocycles. The van der Waals surface area contributed by atoms with E-state index in [0.29, 0.717) is 18.3 Å². The van der Waals surface area contributed by atoms with Gasteiger partial charge in [0.25, 0.3) is 0 Å². The lowest BCUT2D eigenvalue weighted by Crippen LogP contribution is -2.36. The van der Waals surface area contributed by atoms with Crippen molar-refractivity contribution in [3.63, 3.8) is 0 Å². The molecule has 1 heterocycles. The van der Waals surface area contributed by atoms with Crippen LogP contribution in [0.3, 0.4) is 0 Å². The predicted molar refractivity (Wildman–Crippen MR) is 69.3 cm³/mol. The highest BCUT2D eigenvalue weighted by Gasteiger charge is 2.17. The minimum Gasteiger partial charge on any atom is -0.319 e. The van der Waals surface area contributed by atoms with Crippen LogP contribution in [0.1, 0.15) is 0 Å². The summed E-state index contributed by atoms with van der Waals surface area (Å²) in [6.45, 7) is 1.08. The first kappa shape index (κ1) is 13.6. The predicted octanol–water partition coefficient (Wildman–Crippen LogP) is -0.0262. The standard InChI is InChI=1S/C8H18N2O2S3/c1-9-2-5-15(11,12)10-6-8-7-13-3-4-14-8/h8-10H,2-7H2,1H3. The van der Waals surface area contributed by atoms with Crippen molar-refractivity contribution in [1.82, 2.24) is 10.0 Å². The Labute approximate surface area is 100 Å². The SMILES string of the molecule is CNCCS(=O)(=O)NCC1CSCCS1. The zero-order valence-electron chi connectivity index (χ0n) is 8.86. The van der Waals surface area contributed by atoms with Gasteiger partial charge in [0.05, 0.1) is 5.75 Å². The molecule has 7 heteroatoms. The Morgan fingerprint density at radius 2 is 2.20 bits per heavy atom. The average Bonchev–Trinajstić information content (AvgIpc) is 2.25. The van der Waals surface area contributed by atoms with Gasteiger partial charge in [-0.2, -0.15) is 23.5 Å². The normalized spacial score (nSPS) is 22.9. The van der Waals surface area contributed by atoms with Gasteiger partial charge < -0.3 is 5.32 Å². The molecule has 0 radical (unpaired) electrons. The first-order valence-corrected chi connectivity index (χ1v) is 8.81. The Morgan fingerprint density at radius 1 is 1.40 bits per heavy atom. The Balaban J connectivity index is 2.22. The molecule has 1 rings (SSSR count). The summed E-state index contributed by atoms with van der Waals surface area (Å²) in [4.78, 5) is 0. The number of sulfonamides is 1. The van der Waals surface area contributed by atoms with E-state index in [0.717, 1.165) is 11.5 Å². The van der Waals surface area contributed by atoms with E-state index in [1.807, 2.05) is 23.5 Å². The highest BCUT2D eigenvalue weighted by molar-refractivity contribution is 8.06. The Kier molecular flexibility index (Phi) is 6.37. The van der Waals surface area contributed by atoms with Crippen molar-refractivity contribution < 1.29 is 8.42 Å². The number of hydrogen-bond donors (Lipinski definition) is 2. The van der Waals surface area contributed by atoms with E-state index >= 15 is 0 Å². The largest absolute Gasteiger partial charge is 0.319 e. The summed E-state index contributed by atoms with van der Waals surface area (Å²) in [5.74, 6) is 3.54. The molecule has 1 aliphatic heterocycles. The second-order valence-corrected chi connectivity index (χ2v) is 7.82. The fourth-order valence-corrected chi connectivity index (χ4v) is 4.97. The number of nitrogens with one attached hydrogen (secondary N) is 2. The van der Waals surface area contributed by atoms with Crippen molar-refractivity contribution in [3.8, 4) is 0 Å². The summed E-state index contributed by atoms with van der Waals surface area (Å²) in [7, 11) is -1.33. The highest BCUT2D eigenvalue weighted by Crippen LogP contribution is 2.23. The molecule has 0 aliphatic carbocycles. The van der Waals surface area contributed by atoms with Crippen LogP contribution in [0.15, 0.2) is 0 Å². The third-order valence-corrected chi connectivity index (χ3v) is 6.23. The maximum Gasteiger partial charge on any atom is 0.212 e. The molecule has 1 unspecified atom stereocenters. The Hall–Kier alpha value is 0.570.